The zero-order valence-corrected chi connectivity index (χ0v) is 19.2. The van der Waals surface area contributed by atoms with Crippen LogP contribution in [0.1, 0.15) is 31.4 Å². The molecular formula is C22H26BrClN2O3. The second-order valence-corrected chi connectivity index (χ2v) is 8.01. The summed E-state index contributed by atoms with van der Waals surface area (Å²) in [6.45, 7) is 6.38. The van der Waals surface area contributed by atoms with Gasteiger partial charge in [-0.25, -0.2) is 0 Å². The first-order valence-electron chi connectivity index (χ1n) is 9.56. The molecule has 2 aromatic rings. The van der Waals surface area contributed by atoms with Crippen molar-refractivity contribution in [2.75, 3.05) is 13.2 Å². The van der Waals surface area contributed by atoms with E-state index in [0.29, 0.717) is 30.3 Å². The Kier molecular flexibility index (Phi) is 8.99. The maximum absolute atomic E-state index is 13.0. The van der Waals surface area contributed by atoms with Gasteiger partial charge in [0.05, 0.1) is 5.02 Å². The highest BCUT2D eigenvalue weighted by Gasteiger charge is 2.28. The molecule has 29 heavy (non-hydrogen) atoms. The predicted molar refractivity (Wildman–Crippen MR) is 119 cm³/mol. The third-order valence-electron chi connectivity index (χ3n) is 4.46. The number of hydrogen-bond donors (Lipinski definition) is 1. The Morgan fingerprint density at radius 2 is 1.86 bits per heavy atom. The lowest BCUT2D eigenvalue weighted by molar-refractivity contribution is -0.142. The summed E-state index contributed by atoms with van der Waals surface area (Å²) in [5.74, 6) is -0.0237. The SMILES string of the molecule is CCNC(=O)C(CC)N(Cc1ccc(C)cc1)C(=O)COc1ccc(Br)cc1Cl. The molecule has 0 spiro atoms. The van der Waals surface area contributed by atoms with Gasteiger partial charge in [-0.2, -0.15) is 0 Å². The number of hydrogen-bond acceptors (Lipinski definition) is 3. The highest BCUT2D eigenvalue weighted by atomic mass is 79.9. The van der Waals surface area contributed by atoms with Crippen LogP contribution in [0.25, 0.3) is 0 Å². The molecule has 0 aliphatic rings. The molecule has 1 atom stereocenters. The van der Waals surface area contributed by atoms with Gasteiger partial charge in [-0.15, -0.1) is 0 Å². The average molecular weight is 482 g/mol. The first-order valence-corrected chi connectivity index (χ1v) is 10.7. The molecule has 0 radical (unpaired) electrons. The largest absolute Gasteiger partial charge is 0.482 e. The number of nitrogens with one attached hydrogen (secondary N) is 1. The Bertz CT molecular complexity index is 842. The van der Waals surface area contributed by atoms with Crippen molar-refractivity contribution < 1.29 is 14.3 Å². The highest BCUT2D eigenvalue weighted by molar-refractivity contribution is 9.10. The standard InChI is InChI=1S/C22H26BrClN2O3/c1-4-19(22(28)25-5-2)26(13-16-8-6-15(3)7-9-16)21(27)14-29-20-11-10-17(23)12-18(20)24/h6-12,19H,4-5,13-14H2,1-3H3,(H,25,28). The van der Waals surface area contributed by atoms with E-state index < -0.39 is 6.04 Å². The first-order chi connectivity index (χ1) is 13.8. The Morgan fingerprint density at radius 3 is 2.45 bits per heavy atom. The minimum Gasteiger partial charge on any atom is -0.482 e. The molecule has 156 valence electrons. The number of carbonyl (C=O) groups excluding carboxylic acids is 2. The molecule has 0 aromatic heterocycles. The minimum absolute atomic E-state index is 0.169. The zero-order valence-electron chi connectivity index (χ0n) is 16.9. The number of halogens is 2. The van der Waals surface area contributed by atoms with Gasteiger partial charge >= 0.3 is 0 Å². The zero-order chi connectivity index (χ0) is 21.4. The van der Waals surface area contributed by atoms with Gasteiger partial charge < -0.3 is 15.0 Å². The van der Waals surface area contributed by atoms with Crippen LogP contribution in [0.4, 0.5) is 0 Å². The predicted octanol–water partition coefficient (Wildman–Crippen LogP) is 4.73. The molecule has 7 heteroatoms. The normalized spacial score (nSPS) is 11.6. The van der Waals surface area contributed by atoms with Crippen molar-refractivity contribution >= 4 is 39.3 Å². The number of amides is 2. The van der Waals surface area contributed by atoms with Gasteiger partial charge in [0.1, 0.15) is 11.8 Å². The average Bonchev–Trinajstić information content (AvgIpc) is 2.68. The summed E-state index contributed by atoms with van der Waals surface area (Å²) < 4.78 is 6.47. The molecular weight excluding hydrogens is 456 g/mol. The lowest BCUT2D eigenvalue weighted by atomic mass is 10.1. The van der Waals surface area contributed by atoms with Crippen molar-refractivity contribution in [3.63, 3.8) is 0 Å². The van der Waals surface area contributed by atoms with Crippen molar-refractivity contribution in [1.82, 2.24) is 10.2 Å². The van der Waals surface area contributed by atoms with E-state index in [-0.39, 0.29) is 18.4 Å². The van der Waals surface area contributed by atoms with Crippen molar-refractivity contribution in [1.29, 1.82) is 0 Å². The van der Waals surface area contributed by atoms with E-state index in [0.717, 1.165) is 15.6 Å². The van der Waals surface area contributed by atoms with Crippen LogP contribution in [0.2, 0.25) is 5.02 Å². The maximum atomic E-state index is 13.0. The summed E-state index contributed by atoms with van der Waals surface area (Å²) in [5, 5.41) is 3.23. The van der Waals surface area contributed by atoms with Gasteiger partial charge in [-0.05, 0) is 44.0 Å². The Labute approximate surface area is 185 Å². The number of carbonyl (C=O) groups is 2. The Morgan fingerprint density at radius 1 is 1.17 bits per heavy atom. The molecule has 0 aliphatic heterocycles. The topological polar surface area (TPSA) is 58.6 Å². The first kappa shape index (κ1) is 23.2. The molecule has 2 aromatic carbocycles. The molecule has 0 bridgehead atoms. The molecule has 0 fully saturated rings. The second-order valence-electron chi connectivity index (χ2n) is 6.69. The molecule has 1 N–H and O–H groups in total. The van der Waals surface area contributed by atoms with Crippen molar-refractivity contribution in [3.05, 3.63) is 63.1 Å². The van der Waals surface area contributed by atoms with E-state index in [2.05, 4.69) is 21.2 Å². The number of nitrogens with zero attached hydrogens (tertiary/aromatic N) is 1. The minimum atomic E-state index is -0.576. The van der Waals surface area contributed by atoms with Crippen LogP contribution in [-0.2, 0) is 16.1 Å². The smallest absolute Gasteiger partial charge is 0.261 e. The van der Waals surface area contributed by atoms with Crippen molar-refractivity contribution in [3.8, 4) is 5.75 Å². The van der Waals surface area contributed by atoms with Gasteiger partial charge in [0, 0.05) is 17.6 Å². The second kappa shape index (κ2) is 11.2. The van der Waals surface area contributed by atoms with Crippen LogP contribution >= 0.6 is 27.5 Å². The summed E-state index contributed by atoms with van der Waals surface area (Å²) in [4.78, 5) is 27.2. The fraction of sp³-hybridized carbons (Fsp3) is 0.364. The van der Waals surface area contributed by atoms with Gasteiger partial charge in [0.25, 0.3) is 5.91 Å². The molecule has 0 saturated heterocycles. The summed E-state index contributed by atoms with van der Waals surface area (Å²) in [6.07, 6.45) is 0.502. The monoisotopic (exact) mass is 480 g/mol. The molecule has 5 nitrogen and oxygen atoms in total. The van der Waals surface area contributed by atoms with Gasteiger partial charge in [-0.3, -0.25) is 9.59 Å². The van der Waals surface area contributed by atoms with Crippen molar-refractivity contribution in [2.45, 2.75) is 39.8 Å². The van der Waals surface area contributed by atoms with Crippen LogP contribution in [0.3, 0.4) is 0 Å². The van der Waals surface area contributed by atoms with Crippen LogP contribution in [0, 0.1) is 6.92 Å². The molecule has 1 unspecified atom stereocenters. The third-order valence-corrected chi connectivity index (χ3v) is 5.24. The fourth-order valence-corrected chi connectivity index (χ4v) is 3.64. The molecule has 2 rings (SSSR count). The number of benzene rings is 2. The number of ether oxygens (including phenoxy) is 1. The maximum Gasteiger partial charge on any atom is 0.261 e. The van der Waals surface area contributed by atoms with E-state index >= 15 is 0 Å². The van der Waals surface area contributed by atoms with Crippen LogP contribution < -0.4 is 10.1 Å². The summed E-state index contributed by atoms with van der Waals surface area (Å²) in [5.41, 5.74) is 2.09. The summed E-state index contributed by atoms with van der Waals surface area (Å²) in [7, 11) is 0. The van der Waals surface area contributed by atoms with E-state index in [1.54, 1.807) is 23.1 Å². The third kappa shape index (κ3) is 6.75. The van der Waals surface area contributed by atoms with Gasteiger partial charge in [0.15, 0.2) is 6.61 Å². The molecule has 0 saturated carbocycles. The van der Waals surface area contributed by atoms with Crippen LogP contribution in [0.15, 0.2) is 46.9 Å². The molecule has 0 heterocycles. The summed E-state index contributed by atoms with van der Waals surface area (Å²) >= 11 is 9.52. The van der Waals surface area contributed by atoms with Gasteiger partial charge in [-0.1, -0.05) is 64.3 Å². The van der Waals surface area contributed by atoms with E-state index in [1.807, 2.05) is 45.0 Å². The van der Waals surface area contributed by atoms with Crippen molar-refractivity contribution in [2.24, 2.45) is 0 Å². The number of aryl methyl sites for hydroxylation is 1. The van der Waals surface area contributed by atoms with E-state index in [1.165, 1.54) is 0 Å². The number of rotatable bonds is 9. The Balaban J connectivity index is 2.20. The van der Waals surface area contributed by atoms with Crippen LogP contribution in [-0.4, -0.2) is 35.9 Å². The fourth-order valence-electron chi connectivity index (χ4n) is 2.92. The lowest BCUT2D eigenvalue weighted by Gasteiger charge is -2.30. The van der Waals surface area contributed by atoms with E-state index in [9.17, 15) is 9.59 Å². The highest BCUT2D eigenvalue weighted by Crippen LogP contribution is 2.27. The van der Waals surface area contributed by atoms with Gasteiger partial charge in [0.2, 0.25) is 5.91 Å². The molecule has 2 amide bonds. The lowest BCUT2D eigenvalue weighted by Crippen LogP contribution is -2.50. The van der Waals surface area contributed by atoms with E-state index in [4.69, 9.17) is 16.3 Å². The summed E-state index contributed by atoms with van der Waals surface area (Å²) in [6, 6.07) is 12.5. The van der Waals surface area contributed by atoms with Crippen LogP contribution in [0.5, 0.6) is 5.75 Å². The Hall–Kier alpha value is -2.05. The quantitative estimate of drug-likeness (QED) is 0.563. The molecule has 0 aliphatic carbocycles. The number of likely N-dealkylation sites (N-methyl/N-ethyl adjacent to an activating group) is 1.